The number of para-hydroxylation sites is 2. The summed E-state index contributed by atoms with van der Waals surface area (Å²) < 4.78 is 0. The maximum Gasteiger partial charge on any atom is 0.147 e. The summed E-state index contributed by atoms with van der Waals surface area (Å²) in [7, 11) is 0. The van der Waals surface area contributed by atoms with Crippen LogP contribution >= 0.6 is 11.6 Å². The fraction of sp³-hybridized carbons (Fsp3) is 0.261. The van der Waals surface area contributed by atoms with E-state index >= 15 is 0 Å². The van der Waals surface area contributed by atoms with Crippen LogP contribution in [-0.4, -0.2) is 30.4 Å². The third-order valence-corrected chi connectivity index (χ3v) is 4.78. The number of hydrogen-bond donors (Lipinski definition) is 1. The molecule has 0 amide bonds. The number of hydrogen-bond acceptors (Lipinski definition) is 4. The van der Waals surface area contributed by atoms with Gasteiger partial charge in [-0.05, 0) is 43.5 Å². The van der Waals surface area contributed by atoms with Gasteiger partial charge in [-0.15, -0.1) is 0 Å². The first-order valence-corrected chi connectivity index (χ1v) is 9.72. The van der Waals surface area contributed by atoms with E-state index in [0.717, 1.165) is 43.3 Å². The zero-order valence-electron chi connectivity index (χ0n) is 15.7. The normalized spacial score (nSPS) is 16.9. The molecular weight excluding hydrogens is 372 g/mol. The van der Waals surface area contributed by atoms with Crippen molar-refractivity contribution in [1.29, 1.82) is 0 Å². The fourth-order valence-corrected chi connectivity index (χ4v) is 3.04. The highest BCUT2D eigenvalue weighted by atomic mass is 35.5. The minimum atomic E-state index is 0.00520. The molecule has 1 aliphatic carbocycles. The van der Waals surface area contributed by atoms with Gasteiger partial charge < -0.3 is 5.11 Å². The van der Waals surface area contributed by atoms with Gasteiger partial charge in [-0.3, -0.25) is 14.8 Å². The average molecular weight is 397 g/mol. The number of nitrogens with zero attached hydrogens (tertiary/aromatic N) is 2. The van der Waals surface area contributed by atoms with E-state index in [1.165, 1.54) is 0 Å². The summed E-state index contributed by atoms with van der Waals surface area (Å²) >= 11 is 5.84. The van der Waals surface area contributed by atoms with Crippen LogP contribution in [0, 0.1) is 5.92 Å². The summed E-state index contributed by atoms with van der Waals surface area (Å²) in [6.07, 6.45) is 7.87. The van der Waals surface area contributed by atoms with Gasteiger partial charge in [0.25, 0.3) is 0 Å². The second kappa shape index (κ2) is 12.8. The van der Waals surface area contributed by atoms with Crippen molar-refractivity contribution < 1.29 is 9.90 Å². The van der Waals surface area contributed by atoms with Gasteiger partial charge in [0.05, 0.1) is 18.0 Å². The molecule has 2 aromatic rings. The predicted molar refractivity (Wildman–Crippen MR) is 117 cm³/mol. The number of benzene rings is 2. The van der Waals surface area contributed by atoms with Gasteiger partial charge in [-0.2, -0.15) is 0 Å². The lowest BCUT2D eigenvalue weighted by Gasteiger charge is -2.20. The molecule has 0 saturated carbocycles. The fourth-order valence-electron chi connectivity index (χ4n) is 2.73. The van der Waals surface area contributed by atoms with E-state index < -0.39 is 0 Å². The van der Waals surface area contributed by atoms with Crippen LogP contribution in [0.3, 0.4) is 0 Å². The Morgan fingerprint density at radius 1 is 0.964 bits per heavy atom. The number of aliphatic hydroxyl groups is 1. The molecule has 0 aromatic heterocycles. The second-order valence-corrected chi connectivity index (χ2v) is 6.70. The molecule has 0 saturated heterocycles. The summed E-state index contributed by atoms with van der Waals surface area (Å²) in [6, 6.07) is 19.8. The SMILES string of the molecule is C(CC=Nc1ccccc1)=Nc1ccccc1.O=CC1=C(Cl)C(CO)CCC1. The Balaban J connectivity index is 0.000000221. The van der Waals surface area contributed by atoms with Crippen molar-refractivity contribution in [2.75, 3.05) is 6.61 Å². The summed E-state index contributed by atoms with van der Waals surface area (Å²) in [5.41, 5.74) is 2.61. The average Bonchev–Trinajstić information content (AvgIpc) is 2.76. The largest absolute Gasteiger partial charge is 0.396 e. The van der Waals surface area contributed by atoms with Crippen molar-refractivity contribution in [3.8, 4) is 0 Å². The van der Waals surface area contributed by atoms with E-state index in [4.69, 9.17) is 16.7 Å². The number of allylic oxidation sites excluding steroid dienone is 1. The summed E-state index contributed by atoms with van der Waals surface area (Å²) in [6.45, 7) is 0.0518. The lowest BCUT2D eigenvalue weighted by Crippen LogP contribution is -2.13. The number of aldehydes is 1. The van der Waals surface area contributed by atoms with Crippen molar-refractivity contribution in [3.05, 3.63) is 71.3 Å². The minimum Gasteiger partial charge on any atom is -0.396 e. The van der Waals surface area contributed by atoms with Gasteiger partial charge in [-0.1, -0.05) is 48.0 Å². The van der Waals surface area contributed by atoms with Gasteiger partial charge in [0.15, 0.2) is 0 Å². The molecule has 4 nitrogen and oxygen atoms in total. The highest BCUT2D eigenvalue weighted by molar-refractivity contribution is 6.31. The van der Waals surface area contributed by atoms with Crippen molar-refractivity contribution in [3.63, 3.8) is 0 Å². The quantitative estimate of drug-likeness (QED) is 0.506. The smallest absolute Gasteiger partial charge is 0.147 e. The molecule has 3 rings (SSSR count). The molecule has 1 aliphatic rings. The van der Waals surface area contributed by atoms with Crippen molar-refractivity contribution >= 4 is 41.7 Å². The molecule has 0 bridgehead atoms. The van der Waals surface area contributed by atoms with Gasteiger partial charge >= 0.3 is 0 Å². The molecule has 1 unspecified atom stereocenters. The van der Waals surface area contributed by atoms with Crippen molar-refractivity contribution in [1.82, 2.24) is 0 Å². The Morgan fingerprint density at radius 3 is 1.96 bits per heavy atom. The summed E-state index contributed by atoms with van der Waals surface area (Å²) in [5, 5.41) is 9.40. The Morgan fingerprint density at radius 2 is 1.50 bits per heavy atom. The van der Waals surface area contributed by atoms with Crippen LogP contribution in [0.2, 0.25) is 0 Å². The monoisotopic (exact) mass is 396 g/mol. The number of carbonyl (C=O) groups excluding carboxylic acids is 1. The molecule has 0 spiro atoms. The standard InChI is InChI=1S/C15H14N2.C8H11ClO2/c1-3-8-14(9-4-1)16-12-7-13-17-15-10-5-2-6-11-15;9-8-6(4-10)2-1-3-7(8)5-11/h1-6,8-13H,7H2;4,7,11H,1-3,5H2. The van der Waals surface area contributed by atoms with Gasteiger partial charge in [0.2, 0.25) is 0 Å². The summed E-state index contributed by atoms with van der Waals surface area (Å²) in [4.78, 5) is 19.1. The predicted octanol–water partition coefficient (Wildman–Crippen LogP) is 5.65. The van der Waals surface area contributed by atoms with Gasteiger partial charge in [-0.25, -0.2) is 0 Å². The van der Waals surface area contributed by atoms with Crippen LogP contribution in [0.4, 0.5) is 11.4 Å². The van der Waals surface area contributed by atoms with Crippen LogP contribution < -0.4 is 0 Å². The number of aliphatic imine (C=N–C) groups is 2. The highest BCUT2D eigenvalue weighted by Gasteiger charge is 2.20. The number of halogens is 1. The van der Waals surface area contributed by atoms with Crippen LogP contribution in [-0.2, 0) is 4.79 Å². The van der Waals surface area contributed by atoms with Crippen LogP contribution in [0.1, 0.15) is 25.7 Å². The second-order valence-electron chi connectivity index (χ2n) is 6.29. The maximum absolute atomic E-state index is 10.4. The zero-order valence-corrected chi connectivity index (χ0v) is 16.5. The number of rotatable bonds is 6. The Bertz CT molecular complexity index is 754. The van der Waals surface area contributed by atoms with Gasteiger partial charge in [0.1, 0.15) is 6.29 Å². The number of aliphatic hydroxyl groups excluding tert-OH is 1. The van der Waals surface area contributed by atoms with Crippen LogP contribution in [0.25, 0.3) is 0 Å². The molecular formula is C23H25ClN2O2. The van der Waals surface area contributed by atoms with Crippen LogP contribution in [0.15, 0.2) is 81.3 Å². The topological polar surface area (TPSA) is 62.0 Å². The molecule has 2 aromatic carbocycles. The van der Waals surface area contributed by atoms with E-state index in [1.807, 2.05) is 73.1 Å². The van der Waals surface area contributed by atoms with Crippen molar-refractivity contribution in [2.45, 2.75) is 25.7 Å². The lowest BCUT2D eigenvalue weighted by atomic mass is 9.91. The number of carbonyl (C=O) groups is 1. The molecule has 0 radical (unpaired) electrons. The molecule has 0 fully saturated rings. The molecule has 0 aliphatic heterocycles. The zero-order chi connectivity index (χ0) is 20.0. The van der Waals surface area contributed by atoms with E-state index in [9.17, 15) is 4.79 Å². The Kier molecular flexibility index (Phi) is 9.91. The Labute approximate surface area is 171 Å². The third kappa shape index (κ3) is 7.59. The van der Waals surface area contributed by atoms with Crippen LogP contribution in [0.5, 0.6) is 0 Å². The van der Waals surface area contributed by atoms with E-state index in [0.29, 0.717) is 10.6 Å². The van der Waals surface area contributed by atoms with E-state index in [1.54, 1.807) is 0 Å². The first-order valence-electron chi connectivity index (χ1n) is 9.34. The molecule has 146 valence electrons. The Hall–Kier alpha value is -2.56. The summed E-state index contributed by atoms with van der Waals surface area (Å²) in [5.74, 6) is 0.00520. The maximum atomic E-state index is 10.4. The van der Waals surface area contributed by atoms with Crippen molar-refractivity contribution in [2.24, 2.45) is 15.9 Å². The lowest BCUT2D eigenvalue weighted by molar-refractivity contribution is -0.105. The highest BCUT2D eigenvalue weighted by Crippen LogP contribution is 2.31. The molecule has 1 N–H and O–H groups in total. The molecule has 28 heavy (non-hydrogen) atoms. The molecule has 1 atom stereocenters. The first kappa shape index (κ1) is 21.7. The minimum absolute atomic E-state index is 0.00520. The first-order chi connectivity index (χ1) is 13.7. The van der Waals surface area contributed by atoms with E-state index in [2.05, 4.69) is 9.98 Å². The molecule has 0 heterocycles. The van der Waals surface area contributed by atoms with E-state index in [-0.39, 0.29) is 12.5 Å². The van der Waals surface area contributed by atoms with Gasteiger partial charge in [0, 0.05) is 35.4 Å². The third-order valence-electron chi connectivity index (χ3n) is 4.23. The molecule has 5 heteroatoms.